The molecule has 0 atom stereocenters. The fourth-order valence-electron chi connectivity index (χ4n) is 2.61. The van der Waals surface area contributed by atoms with Crippen molar-refractivity contribution in [3.05, 3.63) is 48.5 Å². The number of hydrogen-bond donors (Lipinski definition) is 1. The van der Waals surface area contributed by atoms with Crippen LogP contribution in [0.2, 0.25) is 0 Å². The van der Waals surface area contributed by atoms with E-state index in [1.165, 1.54) is 39.0 Å². The molecule has 0 saturated carbocycles. The van der Waals surface area contributed by atoms with E-state index in [0.29, 0.717) is 0 Å². The zero-order chi connectivity index (χ0) is 13.9. The van der Waals surface area contributed by atoms with Gasteiger partial charge < -0.3 is 9.80 Å². The van der Waals surface area contributed by atoms with Crippen molar-refractivity contribution in [2.75, 3.05) is 32.1 Å². The van der Waals surface area contributed by atoms with E-state index in [0.717, 1.165) is 6.54 Å². The number of quaternary nitrogens is 1. The molecule has 0 aliphatic carbocycles. The molecule has 0 bridgehead atoms. The number of rotatable bonds is 4. The van der Waals surface area contributed by atoms with Crippen LogP contribution < -0.4 is 9.80 Å². The van der Waals surface area contributed by atoms with Crippen LogP contribution in [0, 0.1) is 0 Å². The van der Waals surface area contributed by atoms with Gasteiger partial charge in [0, 0.05) is 22.8 Å². The lowest BCUT2D eigenvalue weighted by Gasteiger charge is -2.32. The zero-order valence-corrected chi connectivity index (χ0v) is 12.9. The Morgan fingerprint density at radius 3 is 2.00 bits per heavy atom. The molecular formula is C17H21N2S+. The Morgan fingerprint density at radius 1 is 0.900 bits per heavy atom. The quantitative estimate of drug-likeness (QED) is 0.924. The topological polar surface area (TPSA) is 7.68 Å². The molecule has 0 unspecified atom stereocenters. The molecule has 1 aliphatic rings. The lowest BCUT2D eigenvalue weighted by Crippen LogP contribution is -3.05. The van der Waals surface area contributed by atoms with Crippen LogP contribution in [-0.2, 0) is 0 Å². The molecule has 0 aromatic heterocycles. The van der Waals surface area contributed by atoms with E-state index in [9.17, 15) is 0 Å². The van der Waals surface area contributed by atoms with Gasteiger partial charge in [0.2, 0.25) is 0 Å². The normalized spacial score (nSPS) is 13.2. The van der Waals surface area contributed by atoms with Crippen LogP contribution >= 0.6 is 11.8 Å². The Balaban J connectivity index is 1.91. The third-order valence-corrected chi connectivity index (χ3v) is 4.72. The first-order chi connectivity index (χ1) is 9.75. The summed E-state index contributed by atoms with van der Waals surface area (Å²) >= 11 is 1.88. The van der Waals surface area contributed by atoms with E-state index in [1.807, 2.05) is 11.8 Å². The number of nitrogens with zero attached hydrogens (tertiary/aromatic N) is 1. The summed E-state index contributed by atoms with van der Waals surface area (Å²) in [5, 5.41) is 0. The summed E-state index contributed by atoms with van der Waals surface area (Å²) in [6.07, 6.45) is 1.20. The summed E-state index contributed by atoms with van der Waals surface area (Å²) < 4.78 is 0. The van der Waals surface area contributed by atoms with Gasteiger partial charge in [0.15, 0.2) is 0 Å². The fraction of sp³-hybridized carbons (Fsp3) is 0.294. The summed E-state index contributed by atoms with van der Waals surface area (Å²) in [4.78, 5) is 6.72. The van der Waals surface area contributed by atoms with Gasteiger partial charge in [-0.3, -0.25) is 0 Å². The van der Waals surface area contributed by atoms with Gasteiger partial charge >= 0.3 is 0 Å². The maximum atomic E-state index is 2.48. The van der Waals surface area contributed by atoms with Crippen molar-refractivity contribution >= 4 is 23.1 Å². The van der Waals surface area contributed by atoms with E-state index >= 15 is 0 Å². The van der Waals surface area contributed by atoms with Gasteiger partial charge in [-0.15, -0.1) is 0 Å². The first-order valence-electron chi connectivity index (χ1n) is 7.18. The molecule has 2 aromatic rings. The maximum Gasteiger partial charge on any atom is 0.0784 e. The van der Waals surface area contributed by atoms with Crippen molar-refractivity contribution < 1.29 is 4.90 Å². The Hall–Kier alpha value is -1.45. The van der Waals surface area contributed by atoms with Crippen LogP contribution in [0.4, 0.5) is 11.4 Å². The van der Waals surface area contributed by atoms with Gasteiger partial charge in [-0.1, -0.05) is 36.0 Å². The molecule has 1 N–H and O–H groups in total. The molecule has 1 heterocycles. The van der Waals surface area contributed by atoms with Crippen molar-refractivity contribution in [2.45, 2.75) is 16.2 Å². The van der Waals surface area contributed by atoms with Crippen molar-refractivity contribution in [2.24, 2.45) is 0 Å². The van der Waals surface area contributed by atoms with Gasteiger partial charge in [0.05, 0.1) is 32.0 Å². The number of anilines is 2. The molecule has 0 radical (unpaired) electrons. The van der Waals surface area contributed by atoms with Gasteiger partial charge in [-0.05, 0) is 24.3 Å². The smallest absolute Gasteiger partial charge is 0.0784 e. The molecule has 0 saturated heterocycles. The van der Waals surface area contributed by atoms with Gasteiger partial charge in [-0.25, -0.2) is 0 Å². The fourth-order valence-corrected chi connectivity index (χ4v) is 3.71. The SMILES string of the molecule is C[NH+](C)CCCN1c2ccccc2Sc2ccccc21. The molecule has 2 nitrogen and oxygen atoms in total. The largest absolute Gasteiger partial charge is 0.340 e. The monoisotopic (exact) mass is 285 g/mol. The summed E-state index contributed by atoms with van der Waals surface area (Å²) in [5.41, 5.74) is 2.70. The third kappa shape index (κ3) is 2.69. The van der Waals surface area contributed by atoms with Gasteiger partial charge in [0.25, 0.3) is 0 Å². The number of nitrogens with one attached hydrogen (secondary N) is 1. The zero-order valence-electron chi connectivity index (χ0n) is 12.1. The van der Waals surface area contributed by atoms with Crippen LogP contribution in [0.1, 0.15) is 6.42 Å². The molecule has 20 heavy (non-hydrogen) atoms. The average molecular weight is 285 g/mol. The Morgan fingerprint density at radius 2 is 1.45 bits per heavy atom. The predicted octanol–water partition coefficient (Wildman–Crippen LogP) is 2.82. The minimum Gasteiger partial charge on any atom is -0.340 e. The van der Waals surface area contributed by atoms with Gasteiger partial charge in [0.1, 0.15) is 0 Å². The highest BCUT2D eigenvalue weighted by molar-refractivity contribution is 7.99. The standard InChI is InChI=1S/C17H20N2S/c1-18(2)12-7-13-19-14-8-3-5-10-16(14)20-17-11-6-4-9-15(17)19/h3-6,8-11H,7,12-13H2,1-2H3/p+1. The number of benzene rings is 2. The lowest BCUT2D eigenvalue weighted by molar-refractivity contribution is -0.858. The first kappa shape index (κ1) is 13.5. The molecule has 104 valence electrons. The van der Waals surface area contributed by atoms with Crippen LogP contribution in [0.15, 0.2) is 58.3 Å². The summed E-state index contributed by atoms with van der Waals surface area (Å²) in [7, 11) is 4.43. The predicted molar refractivity (Wildman–Crippen MR) is 86.3 cm³/mol. The first-order valence-corrected chi connectivity index (χ1v) is 8.00. The van der Waals surface area contributed by atoms with Crippen molar-refractivity contribution in [1.29, 1.82) is 0 Å². The third-order valence-electron chi connectivity index (χ3n) is 3.59. The molecule has 2 aromatic carbocycles. The van der Waals surface area contributed by atoms with E-state index in [1.54, 1.807) is 0 Å². The van der Waals surface area contributed by atoms with E-state index in [2.05, 4.69) is 67.5 Å². The second-order valence-electron chi connectivity index (χ2n) is 5.50. The summed E-state index contributed by atoms with van der Waals surface area (Å²) in [6.45, 7) is 2.29. The van der Waals surface area contributed by atoms with Crippen LogP contribution in [0.25, 0.3) is 0 Å². The number of fused-ring (bicyclic) bond motifs is 2. The molecule has 3 heteroatoms. The van der Waals surface area contributed by atoms with Crippen molar-refractivity contribution in [1.82, 2.24) is 0 Å². The highest BCUT2D eigenvalue weighted by Crippen LogP contribution is 2.47. The van der Waals surface area contributed by atoms with Crippen molar-refractivity contribution in [3.63, 3.8) is 0 Å². The average Bonchev–Trinajstić information content (AvgIpc) is 2.46. The molecular weight excluding hydrogens is 264 g/mol. The second-order valence-corrected chi connectivity index (χ2v) is 6.58. The Kier molecular flexibility index (Phi) is 3.99. The second kappa shape index (κ2) is 5.90. The summed E-state index contributed by atoms with van der Waals surface area (Å²) in [6, 6.07) is 17.4. The summed E-state index contributed by atoms with van der Waals surface area (Å²) in [5.74, 6) is 0. The Bertz CT molecular complexity index is 550. The van der Waals surface area contributed by atoms with E-state index in [-0.39, 0.29) is 0 Å². The van der Waals surface area contributed by atoms with E-state index < -0.39 is 0 Å². The Labute approximate surface area is 125 Å². The van der Waals surface area contributed by atoms with Crippen LogP contribution in [0.3, 0.4) is 0 Å². The maximum absolute atomic E-state index is 2.48. The van der Waals surface area contributed by atoms with Crippen LogP contribution in [-0.4, -0.2) is 27.2 Å². The molecule has 0 fully saturated rings. The number of para-hydroxylation sites is 2. The molecule has 3 rings (SSSR count). The lowest BCUT2D eigenvalue weighted by atomic mass is 10.2. The molecule has 0 spiro atoms. The highest BCUT2D eigenvalue weighted by Gasteiger charge is 2.22. The van der Waals surface area contributed by atoms with E-state index in [4.69, 9.17) is 0 Å². The minimum absolute atomic E-state index is 1.08. The molecule has 1 aliphatic heterocycles. The van der Waals surface area contributed by atoms with Gasteiger partial charge in [-0.2, -0.15) is 0 Å². The highest BCUT2D eigenvalue weighted by atomic mass is 32.2. The van der Waals surface area contributed by atoms with Crippen LogP contribution in [0.5, 0.6) is 0 Å². The minimum atomic E-state index is 1.08. The molecule has 0 amide bonds. The number of hydrogen-bond acceptors (Lipinski definition) is 2. The van der Waals surface area contributed by atoms with Crippen molar-refractivity contribution in [3.8, 4) is 0 Å².